The molecule has 0 atom stereocenters. The first-order chi connectivity index (χ1) is 10.2. The number of methoxy groups -OCH3 is 1. The van der Waals surface area contributed by atoms with E-state index in [0.717, 1.165) is 41.6 Å². The molecule has 7 heteroatoms. The van der Waals surface area contributed by atoms with E-state index >= 15 is 0 Å². The van der Waals surface area contributed by atoms with Gasteiger partial charge in [-0.3, -0.25) is 9.36 Å². The maximum atomic E-state index is 6.39. The van der Waals surface area contributed by atoms with Crippen LogP contribution in [-0.4, -0.2) is 39.8 Å². The van der Waals surface area contributed by atoms with Crippen molar-refractivity contribution in [2.45, 2.75) is 26.4 Å². The smallest absolute Gasteiger partial charge is 0.0869 e. The molecule has 0 fully saturated rings. The Morgan fingerprint density at radius 3 is 2.90 bits per heavy atom. The first-order valence-corrected chi connectivity index (χ1v) is 7.45. The van der Waals surface area contributed by atoms with Gasteiger partial charge in [0, 0.05) is 33.4 Å². The number of rotatable bonds is 8. The van der Waals surface area contributed by atoms with E-state index in [9.17, 15) is 0 Å². The molecule has 0 aliphatic carbocycles. The lowest BCUT2D eigenvalue weighted by molar-refractivity contribution is 0.199. The summed E-state index contributed by atoms with van der Waals surface area (Å²) < 4.78 is 8.80. The van der Waals surface area contributed by atoms with Gasteiger partial charge in [-0.05, 0) is 12.5 Å². The van der Waals surface area contributed by atoms with Gasteiger partial charge in [0.1, 0.15) is 0 Å². The topological polar surface area (TPSA) is 56.9 Å². The summed E-state index contributed by atoms with van der Waals surface area (Å²) in [7, 11) is 3.61. The van der Waals surface area contributed by atoms with Crippen molar-refractivity contribution in [3.05, 3.63) is 34.4 Å². The Hall–Kier alpha value is -1.37. The van der Waals surface area contributed by atoms with Crippen molar-refractivity contribution in [3.63, 3.8) is 0 Å². The number of halogens is 1. The Morgan fingerprint density at radius 1 is 1.43 bits per heavy atom. The molecule has 0 aromatic carbocycles. The van der Waals surface area contributed by atoms with Crippen molar-refractivity contribution < 1.29 is 4.74 Å². The fourth-order valence-corrected chi connectivity index (χ4v) is 2.53. The zero-order valence-corrected chi connectivity index (χ0v) is 13.5. The lowest BCUT2D eigenvalue weighted by Crippen LogP contribution is -2.21. The predicted octanol–water partition coefficient (Wildman–Crippen LogP) is 1.62. The number of nitrogens with zero attached hydrogens (tertiary/aromatic N) is 4. The summed E-state index contributed by atoms with van der Waals surface area (Å²) in [6.45, 7) is 4.93. The summed E-state index contributed by atoms with van der Waals surface area (Å²) in [5.74, 6) is 0. The molecule has 0 amide bonds. The zero-order chi connectivity index (χ0) is 15.2. The second kappa shape index (κ2) is 7.59. The molecule has 0 unspecified atom stereocenters. The minimum Gasteiger partial charge on any atom is -0.383 e. The second-order valence-corrected chi connectivity index (χ2v) is 5.21. The molecule has 2 heterocycles. The standard InChI is InChI=1S/C14H22ClN5O/c1-4-12-14(15)13(19(2)18-12)10-20-11(5-6-17-20)9-16-7-8-21-3/h5-6,16H,4,7-10H2,1-3H3. The highest BCUT2D eigenvalue weighted by molar-refractivity contribution is 6.31. The second-order valence-electron chi connectivity index (χ2n) is 4.83. The lowest BCUT2D eigenvalue weighted by Gasteiger charge is -2.09. The molecule has 2 rings (SSSR count). The Morgan fingerprint density at radius 2 is 2.24 bits per heavy atom. The van der Waals surface area contributed by atoms with Crippen molar-refractivity contribution >= 4 is 11.6 Å². The van der Waals surface area contributed by atoms with Gasteiger partial charge in [0.2, 0.25) is 0 Å². The van der Waals surface area contributed by atoms with Crippen LogP contribution in [0.15, 0.2) is 12.3 Å². The quantitative estimate of drug-likeness (QED) is 0.753. The molecular formula is C14H22ClN5O. The number of ether oxygens (including phenoxy) is 1. The van der Waals surface area contributed by atoms with Gasteiger partial charge < -0.3 is 10.1 Å². The summed E-state index contributed by atoms with van der Waals surface area (Å²) in [5.41, 5.74) is 3.03. The summed E-state index contributed by atoms with van der Waals surface area (Å²) >= 11 is 6.39. The predicted molar refractivity (Wildman–Crippen MR) is 82.5 cm³/mol. The highest BCUT2D eigenvalue weighted by Gasteiger charge is 2.14. The van der Waals surface area contributed by atoms with Crippen molar-refractivity contribution in [1.82, 2.24) is 24.9 Å². The molecule has 0 saturated heterocycles. The number of hydrogen-bond acceptors (Lipinski definition) is 4. The molecule has 2 aromatic rings. The summed E-state index contributed by atoms with van der Waals surface area (Å²) in [6, 6.07) is 2.00. The summed E-state index contributed by atoms with van der Waals surface area (Å²) in [5, 5.41) is 12.9. The number of aromatic nitrogens is 4. The van der Waals surface area contributed by atoms with E-state index in [1.165, 1.54) is 0 Å². The fraction of sp³-hybridized carbons (Fsp3) is 0.571. The third kappa shape index (κ3) is 3.84. The van der Waals surface area contributed by atoms with Gasteiger partial charge in [0.15, 0.2) is 0 Å². The number of aryl methyl sites for hydroxylation is 2. The third-order valence-electron chi connectivity index (χ3n) is 3.40. The number of hydrogen-bond donors (Lipinski definition) is 1. The molecule has 6 nitrogen and oxygen atoms in total. The van der Waals surface area contributed by atoms with Gasteiger partial charge in [-0.1, -0.05) is 18.5 Å². The third-order valence-corrected chi connectivity index (χ3v) is 3.83. The molecule has 0 aliphatic rings. The van der Waals surface area contributed by atoms with Crippen LogP contribution in [0.1, 0.15) is 24.0 Å². The van der Waals surface area contributed by atoms with E-state index < -0.39 is 0 Å². The highest BCUT2D eigenvalue weighted by atomic mass is 35.5. The lowest BCUT2D eigenvalue weighted by atomic mass is 10.3. The van der Waals surface area contributed by atoms with Crippen LogP contribution in [0.5, 0.6) is 0 Å². The first kappa shape index (κ1) is 16.0. The molecule has 21 heavy (non-hydrogen) atoms. The van der Waals surface area contributed by atoms with Crippen molar-refractivity contribution in [1.29, 1.82) is 0 Å². The SMILES string of the molecule is CCc1nn(C)c(Cn2nccc2CNCCOC)c1Cl. The van der Waals surface area contributed by atoms with Gasteiger partial charge in [-0.15, -0.1) is 0 Å². The average molecular weight is 312 g/mol. The van der Waals surface area contributed by atoms with E-state index in [0.29, 0.717) is 13.2 Å². The van der Waals surface area contributed by atoms with Crippen molar-refractivity contribution in [2.75, 3.05) is 20.3 Å². The van der Waals surface area contributed by atoms with Gasteiger partial charge in [-0.25, -0.2) is 0 Å². The molecule has 2 aromatic heterocycles. The molecule has 116 valence electrons. The van der Waals surface area contributed by atoms with Crippen LogP contribution in [0.2, 0.25) is 5.02 Å². The number of nitrogens with one attached hydrogen (secondary N) is 1. The van der Waals surface area contributed by atoms with Crippen molar-refractivity contribution in [2.24, 2.45) is 7.05 Å². The minimum absolute atomic E-state index is 0.622. The summed E-state index contributed by atoms with van der Waals surface area (Å²) in [4.78, 5) is 0. The van der Waals surface area contributed by atoms with E-state index in [1.807, 2.05) is 22.5 Å². The fourth-order valence-electron chi connectivity index (χ4n) is 2.18. The van der Waals surface area contributed by atoms with Gasteiger partial charge >= 0.3 is 0 Å². The molecule has 0 bridgehead atoms. The molecule has 0 saturated carbocycles. The monoisotopic (exact) mass is 311 g/mol. The minimum atomic E-state index is 0.622. The average Bonchev–Trinajstić information content (AvgIpc) is 3.03. The molecular weight excluding hydrogens is 290 g/mol. The van der Waals surface area contributed by atoms with Crippen LogP contribution in [0.25, 0.3) is 0 Å². The van der Waals surface area contributed by atoms with E-state index in [2.05, 4.69) is 22.4 Å². The summed E-state index contributed by atoms with van der Waals surface area (Å²) in [6.07, 6.45) is 2.63. The van der Waals surface area contributed by atoms with E-state index in [4.69, 9.17) is 16.3 Å². The largest absolute Gasteiger partial charge is 0.383 e. The maximum Gasteiger partial charge on any atom is 0.0869 e. The Kier molecular flexibility index (Phi) is 5.78. The van der Waals surface area contributed by atoms with Crippen LogP contribution in [0, 0.1) is 0 Å². The zero-order valence-electron chi connectivity index (χ0n) is 12.8. The van der Waals surface area contributed by atoms with Crippen molar-refractivity contribution in [3.8, 4) is 0 Å². The first-order valence-electron chi connectivity index (χ1n) is 7.08. The van der Waals surface area contributed by atoms with Gasteiger partial charge in [0.05, 0.1) is 35.3 Å². The molecule has 1 N–H and O–H groups in total. The van der Waals surface area contributed by atoms with Gasteiger partial charge in [-0.2, -0.15) is 10.2 Å². The Labute approximate surface area is 130 Å². The Bertz CT molecular complexity index is 578. The highest BCUT2D eigenvalue weighted by Crippen LogP contribution is 2.21. The molecule has 0 radical (unpaired) electrons. The van der Waals surface area contributed by atoms with Crippen LogP contribution >= 0.6 is 11.6 Å². The van der Waals surface area contributed by atoms with E-state index in [1.54, 1.807) is 13.3 Å². The van der Waals surface area contributed by atoms with Crippen LogP contribution < -0.4 is 5.32 Å². The molecule has 0 spiro atoms. The van der Waals surface area contributed by atoms with Crippen LogP contribution in [0.4, 0.5) is 0 Å². The van der Waals surface area contributed by atoms with E-state index in [-0.39, 0.29) is 0 Å². The Balaban J connectivity index is 2.07. The van der Waals surface area contributed by atoms with Crippen LogP contribution in [0.3, 0.4) is 0 Å². The van der Waals surface area contributed by atoms with Gasteiger partial charge in [0.25, 0.3) is 0 Å². The molecule has 0 aliphatic heterocycles. The normalized spacial score (nSPS) is 11.2. The van der Waals surface area contributed by atoms with Crippen LogP contribution in [-0.2, 0) is 31.3 Å². The maximum absolute atomic E-state index is 6.39.